The predicted octanol–water partition coefficient (Wildman–Crippen LogP) is 1.29. The maximum Gasteiger partial charge on any atom is 0.240 e. The number of nitrogens with one attached hydrogen (secondary N) is 3. The molecule has 0 aromatic heterocycles. The molecule has 9 nitrogen and oxygen atoms in total. The van der Waals surface area contributed by atoms with Crippen molar-refractivity contribution in [2.45, 2.75) is 51.6 Å². The Labute approximate surface area is 177 Å². The highest BCUT2D eigenvalue weighted by molar-refractivity contribution is 5.87. The van der Waals surface area contributed by atoms with Gasteiger partial charge in [-0.1, -0.05) is 26.3 Å². The maximum absolute atomic E-state index is 11.9. The van der Waals surface area contributed by atoms with E-state index in [1.165, 1.54) is 5.56 Å². The molecule has 9 heteroatoms. The highest BCUT2D eigenvalue weighted by Crippen LogP contribution is 2.39. The number of carbonyl (C=O) groups excluding carboxylic acids is 2. The Bertz CT molecular complexity index is 755. The zero-order valence-corrected chi connectivity index (χ0v) is 17.9. The molecule has 0 fully saturated rings. The number of hydrogen-bond donors (Lipinski definition) is 5. The number of nitrogens with two attached hydrogens (primary N) is 1. The summed E-state index contributed by atoms with van der Waals surface area (Å²) in [7, 11) is 0. The Balaban J connectivity index is 1.62. The summed E-state index contributed by atoms with van der Waals surface area (Å²) in [4.78, 5) is 27.6. The van der Waals surface area contributed by atoms with Crippen molar-refractivity contribution < 1.29 is 19.4 Å². The van der Waals surface area contributed by atoms with Crippen LogP contribution in [-0.4, -0.2) is 55.2 Å². The number of nitrogens with zero attached hydrogens (tertiary/aromatic N) is 1. The average Bonchev–Trinajstić information content (AvgIpc) is 3.01. The Morgan fingerprint density at radius 3 is 2.90 bits per heavy atom. The van der Waals surface area contributed by atoms with Gasteiger partial charge in [0.15, 0.2) is 0 Å². The third kappa shape index (κ3) is 6.70. The van der Waals surface area contributed by atoms with Crippen LogP contribution in [0, 0.1) is 5.92 Å². The second-order valence-corrected chi connectivity index (χ2v) is 7.65. The molecule has 2 unspecified atom stereocenters. The lowest BCUT2D eigenvalue weighted by Gasteiger charge is -2.21. The van der Waals surface area contributed by atoms with E-state index in [0.29, 0.717) is 0 Å². The van der Waals surface area contributed by atoms with Crippen molar-refractivity contribution >= 4 is 23.7 Å². The van der Waals surface area contributed by atoms with Gasteiger partial charge in [-0.15, -0.1) is 0 Å². The van der Waals surface area contributed by atoms with E-state index >= 15 is 0 Å². The van der Waals surface area contributed by atoms with Gasteiger partial charge in [0.2, 0.25) is 11.8 Å². The summed E-state index contributed by atoms with van der Waals surface area (Å²) < 4.78 is 5.35. The van der Waals surface area contributed by atoms with Crippen molar-refractivity contribution in [3.63, 3.8) is 0 Å². The van der Waals surface area contributed by atoms with Crippen LogP contribution in [0.4, 0.5) is 5.69 Å². The van der Waals surface area contributed by atoms with Gasteiger partial charge in [0.25, 0.3) is 0 Å². The third-order valence-corrected chi connectivity index (χ3v) is 5.40. The van der Waals surface area contributed by atoms with E-state index in [1.807, 2.05) is 26.1 Å². The van der Waals surface area contributed by atoms with Gasteiger partial charge in [-0.3, -0.25) is 19.9 Å². The number of amides is 2. The fourth-order valence-electron chi connectivity index (χ4n) is 3.47. The normalized spacial score (nSPS) is 19.8. The van der Waals surface area contributed by atoms with Crippen LogP contribution in [-0.2, 0) is 14.3 Å². The van der Waals surface area contributed by atoms with Gasteiger partial charge in [-0.2, -0.15) is 0 Å². The van der Waals surface area contributed by atoms with E-state index in [2.05, 4.69) is 27.9 Å². The van der Waals surface area contributed by atoms with Crippen molar-refractivity contribution in [3.05, 3.63) is 23.8 Å². The molecule has 2 amide bonds. The summed E-state index contributed by atoms with van der Waals surface area (Å²) in [5.41, 5.74) is 7.48. The molecule has 4 atom stereocenters. The van der Waals surface area contributed by atoms with Crippen LogP contribution in [0.5, 0.6) is 5.75 Å². The van der Waals surface area contributed by atoms with E-state index < -0.39 is 11.9 Å². The molecule has 2 rings (SSSR count). The smallest absolute Gasteiger partial charge is 0.240 e. The Hall–Kier alpha value is -2.65. The molecular weight excluding hydrogens is 386 g/mol. The molecule has 6 N–H and O–H groups in total. The highest BCUT2D eigenvalue weighted by atomic mass is 16.5. The molecule has 1 aromatic carbocycles. The molecule has 1 heterocycles. The minimum Gasteiger partial charge on any atom is -0.508 e. The van der Waals surface area contributed by atoms with Gasteiger partial charge >= 0.3 is 0 Å². The third-order valence-electron chi connectivity index (χ3n) is 5.40. The SMILES string of the molecule is CC[C@H](C)[C@H](NC(=O)CNCOC/N=C/CC1c2ccc(O)cc2NC1C)C(N)=O. The number of fused-ring (bicyclic) bond motifs is 1. The maximum atomic E-state index is 11.9. The standard InChI is InChI=1S/C21H33N5O4/c1-4-13(2)20(21(22)29)26-19(28)10-24-12-30-11-23-8-7-16-14(3)25-18-9-15(27)5-6-17(16)18/h5-6,8-9,13-14,16,20,24-25,27H,4,7,10-12H2,1-3H3,(H2,22,29)(H,26,28)/b23-8+/t13-,14?,16?,20-/m0/s1. The van der Waals surface area contributed by atoms with Crippen molar-refractivity contribution in [2.75, 3.05) is 25.3 Å². The molecule has 1 aromatic rings. The number of hydrogen-bond acceptors (Lipinski definition) is 7. The van der Waals surface area contributed by atoms with Gasteiger partial charge in [0.1, 0.15) is 18.5 Å². The summed E-state index contributed by atoms with van der Waals surface area (Å²) in [6, 6.07) is 4.96. The summed E-state index contributed by atoms with van der Waals surface area (Å²) in [5, 5.41) is 18.4. The molecular formula is C21H33N5O4. The molecule has 0 radical (unpaired) electrons. The Morgan fingerprint density at radius 2 is 2.20 bits per heavy atom. The van der Waals surface area contributed by atoms with Gasteiger partial charge in [0.05, 0.1) is 13.3 Å². The quantitative estimate of drug-likeness (QED) is 0.197. The van der Waals surface area contributed by atoms with Crippen molar-refractivity contribution in [1.82, 2.24) is 10.6 Å². The molecule has 30 heavy (non-hydrogen) atoms. The van der Waals surface area contributed by atoms with Crippen LogP contribution in [0.3, 0.4) is 0 Å². The summed E-state index contributed by atoms with van der Waals surface area (Å²) >= 11 is 0. The van der Waals surface area contributed by atoms with Crippen LogP contribution in [0.1, 0.15) is 45.1 Å². The number of aliphatic imine (C=N–C) groups is 1. The monoisotopic (exact) mass is 419 g/mol. The Morgan fingerprint density at radius 1 is 1.43 bits per heavy atom. The molecule has 1 aliphatic rings. The lowest BCUT2D eigenvalue weighted by molar-refractivity contribution is -0.128. The number of benzene rings is 1. The van der Waals surface area contributed by atoms with Gasteiger partial charge in [0, 0.05) is 29.9 Å². The first kappa shape index (κ1) is 23.6. The topological polar surface area (TPSA) is 138 Å². The minimum absolute atomic E-state index is 0.0209. The van der Waals surface area contributed by atoms with Crippen LogP contribution >= 0.6 is 0 Å². The lowest BCUT2D eigenvalue weighted by Crippen LogP contribution is -2.50. The first-order valence-electron chi connectivity index (χ1n) is 10.3. The first-order valence-corrected chi connectivity index (χ1v) is 10.3. The second-order valence-electron chi connectivity index (χ2n) is 7.65. The van der Waals surface area contributed by atoms with E-state index in [-0.39, 0.29) is 49.5 Å². The number of aromatic hydroxyl groups is 1. The van der Waals surface area contributed by atoms with Crippen LogP contribution in [0.2, 0.25) is 0 Å². The van der Waals surface area contributed by atoms with Crippen LogP contribution < -0.4 is 21.7 Å². The number of carbonyl (C=O) groups is 2. The van der Waals surface area contributed by atoms with Crippen molar-refractivity contribution in [1.29, 1.82) is 0 Å². The molecule has 0 bridgehead atoms. The van der Waals surface area contributed by atoms with E-state index in [9.17, 15) is 14.7 Å². The summed E-state index contributed by atoms with van der Waals surface area (Å²) in [6.07, 6.45) is 3.34. The lowest BCUT2D eigenvalue weighted by atomic mass is 9.93. The molecule has 166 valence electrons. The zero-order valence-electron chi connectivity index (χ0n) is 17.9. The number of anilines is 1. The number of phenolic OH excluding ortho intramolecular Hbond substituents is 1. The van der Waals surface area contributed by atoms with E-state index in [1.54, 1.807) is 12.1 Å². The van der Waals surface area contributed by atoms with Crippen molar-refractivity contribution in [2.24, 2.45) is 16.6 Å². The van der Waals surface area contributed by atoms with Gasteiger partial charge in [-0.25, -0.2) is 0 Å². The largest absolute Gasteiger partial charge is 0.508 e. The number of phenols is 1. The number of primary amides is 1. The van der Waals surface area contributed by atoms with E-state index in [0.717, 1.165) is 18.5 Å². The fraction of sp³-hybridized carbons (Fsp3) is 0.571. The highest BCUT2D eigenvalue weighted by Gasteiger charge is 2.28. The molecule has 0 aliphatic carbocycles. The van der Waals surface area contributed by atoms with Gasteiger partial charge < -0.3 is 26.2 Å². The second kappa shape index (κ2) is 11.5. The first-order chi connectivity index (χ1) is 14.3. The van der Waals surface area contributed by atoms with Crippen LogP contribution in [0.15, 0.2) is 23.2 Å². The molecule has 0 saturated heterocycles. The van der Waals surface area contributed by atoms with Gasteiger partial charge in [-0.05, 0) is 30.9 Å². The average molecular weight is 420 g/mol. The Kier molecular flexibility index (Phi) is 9.07. The predicted molar refractivity (Wildman–Crippen MR) is 116 cm³/mol. The zero-order chi connectivity index (χ0) is 22.1. The summed E-state index contributed by atoms with van der Waals surface area (Å²) in [5.74, 6) is -0.321. The minimum atomic E-state index is -0.670. The molecule has 1 aliphatic heterocycles. The number of rotatable bonds is 12. The summed E-state index contributed by atoms with van der Waals surface area (Å²) in [6.45, 7) is 6.28. The molecule has 0 saturated carbocycles. The fourth-order valence-corrected chi connectivity index (χ4v) is 3.47. The van der Waals surface area contributed by atoms with Crippen LogP contribution in [0.25, 0.3) is 0 Å². The molecule has 0 spiro atoms. The number of ether oxygens (including phenoxy) is 1. The van der Waals surface area contributed by atoms with E-state index in [4.69, 9.17) is 10.5 Å². The van der Waals surface area contributed by atoms with Crippen molar-refractivity contribution in [3.8, 4) is 5.75 Å².